The third kappa shape index (κ3) is 1.84. The van der Waals surface area contributed by atoms with Crippen molar-refractivity contribution >= 4 is 28.1 Å². The van der Waals surface area contributed by atoms with Crippen molar-refractivity contribution in [3.05, 3.63) is 28.5 Å². The summed E-state index contributed by atoms with van der Waals surface area (Å²) in [6, 6.07) is 3.73. The lowest BCUT2D eigenvalue weighted by molar-refractivity contribution is -0.751. The van der Waals surface area contributed by atoms with Gasteiger partial charge in [0.05, 0.1) is 7.05 Å². The number of halogens is 1. The first kappa shape index (κ1) is 10.4. The van der Waals surface area contributed by atoms with Crippen molar-refractivity contribution in [2.75, 3.05) is 19.0 Å². The Morgan fingerprint density at radius 1 is 1.53 bits per heavy atom. The Kier molecular flexibility index (Phi) is 2.65. The number of fused-ring (bicyclic) bond motifs is 1. The summed E-state index contributed by atoms with van der Waals surface area (Å²) in [5.41, 5.74) is 3.40. The number of benzene rings is 1. The van der Waals surface area contributed by atoms with Gasteiger partial charge in [-0.15, -0.1) is 0 Å². The summed E-state index contributed by atoms with van der Waals surface area (Å²) < 4.78 is 0. The van der Waals surface area contributed by atoms with Gasteiger partial charge in [0.15, 0.2) is 0 Å². The minimum Gasteiger partial charge on any atom is -0.629 e. The molecule has 5 heteroatoms. The Bertz CT molecular complexity index is 429. The molecule has 0 radical (unpaired) electrons. The van der Waals surface area contributed by atoms with Gasteiger partial charge < -0.3 is 15.6 Å². The van der Waals surface area contributed by atoms with E-state index in [2.05, 4.69) is 10.3 Å². The van der Waals surface area contributed by atoms with E-state index in [1.54, 1.807) is 13.1 Å². The van der Waals surface area contributed by atoms with Crippen LogP contribution in [0.5, 0.6) is 0 Å². The Hall–Kier alpha value is -1.10. The number of quaternary nitrogens is 1. The number of nitrogens with one attached hydrogen (secondary N) is 2. The number of nitrogens with zero attached hydrogens (tertiary/aromatic N) is 1. The van der Waals surface area contributed by atoms with Gasteiger partial charge >= 0.3 is 0 Å². The maximum Gasteiger partial charge on any atom is 0.135 e. The van der Waals surface area contributed by atoms with Crippen LogP contribution in [-0.4, -0.2) is 18.9 Å². The van der Waals surface area contributed by atoms with Crippen LogP contribution in [0.4, 0.5) is 11.4 Å². The summed E-state index contributed by atoms with van der Waals surface area (Å²) in [7, 11) is 1.55. The van der Waals surface area contributed by atoms with Gasteiger partial charge in [-0.05, 0) is 13.0 Å². The van der Waals surface area contributed by atoms with Crippen LogP contribution in [0.2, 0.25) is 0 Å². The molecule has 0 bridgehead atoms. The van der Waals surface area contributed by atoms with E-state index in [1.807, 2.05) is 13.0 Å². The first-order chi connectivity index (χ1) is 7.09. The summed E-state index contributed by atoms with van der Waals surface area (Å²) >= 11 is 5.97. The van der Waals surface area contributed by atoms with Gasteiger partial charge in [-0.2, -0.15) is 0 Å². The molecule has 15 heavy (non-hydrogen) atoms. The van der Waals surface area contributed by atoms with Crippen molar-refractivity contribution in [2.45, 2.75) is 6.92 Å². The summed E-state index contributed by atoms with van der Waals surface area (Å²) in [6.45, 7) is 2.41. The molecular weight excluding hydrogens is 214 g/mol. The van der Waals surface area contributed by atoms with Crippen LogP contribution in [0.3, 0.4) is 0 Å². The van der Waals surface area contributed by atoms with Crippen LogP contribution in [0.15, 0.2) is 17.1 Å². The highest BCUT2D eigenvalue weighted by atomic mass is 35.5. The second kappa shape index (κ2) is 3.81. The predicted octanol–water partition coefficient (Wildman–Crippen LogP) is 1.01. The second-order valence-electron chi connectivity index (χ2n) is 3.55. The molecule has 2 rings (SSSR count). The molecule has 0 amide bonds. The summed E-state index contributed by atoms with van der Waals surface area (Å²) in [4.78, 5) is 4.06. The van der Waals surface area contributed by atoms with E-state index < -0.39 is 0 Å². The van der Waals surface area contributed by atoms with Gasteiger partial charge in [0.25, 0.3) is 0 Å². The van der Waals surface area contributed by atoms with Crippen molar-refractivity contribution in [3.63, 3.8) is 0 Å². The molecule has 80 valence electrons. The summed E-state index contributed by atoms with van der Waals surface area (Å²) in [5.74, 6) is 0. The smallest absolute Gasteiger partial charge is 0.135 e. The lowest BCUT2D eigenvalue weighted by Crippen LogP contribution is -2.98. The van der Waals surface area contributed by atoms with E-state index in [0.717, 1.165) is 16.8 Å². The van der Waals surface area contributed by atoms with Crippen molar-refractivity contribution in [1.82, 2.24) is 0 Å². The van der Waals surface area contributed by atoms with Crippen LogP contribution in [0.1, 0.15) is 11.1 Å². The van der Waals surface area contributed by atoms with Crippen LogP contribution >= 0.6 is 11.6 Å². The molecule has 1 heterocycles. The van der Waals surface area contributed by atoms with Crippen LogP contribution < -0.4 is 10.4 Å². The molecule has 2 N–H and O–H groups in total. The quantitative estimate of drug-likeness (QED) is 0.701. The molecule has 1 aliphatic heterocycles. The van der Waals surface area contributed by atoms with Gasteiger partial charge in [0.1, 0.15) is 17.5 Å². The standard InChI is InChI=1S/C10H12ClN3O/c1-6-3-8-7(4-9(6)14(2)15)10(11)13-5-12-8/h3-4,12,14H,5H2,1-2H3. The largest absolute Gasteiger partial charge is 0.629 e. The van der Waals surface area contributed by atoms with Crippen LogP contribution in [0.25, 0.3) is 0 Å². The molecule has 1 unspecified atom stereocenters. The number of aliphatic imine (C=N–C) groups is 1. The zero-order valence-corrected chi connectivity index (χ0v) is 9.35. The molecule has 0 aromatic heterocycles. The molecule has 0 saturated carbocycles. The molecule has 4 nitrogen and oxygen atoms in total. The molecule has 0 spiro atoms. The number of rotatable bonds is 1. The summed E-state index contributed by atoms with van der Waals surface area (Å²) in [5, 5.41) is 15.0. The van der Waals surface area contributed by atoms with E-state index in [-0.39, 0.29) is 5.06 Å². The highest BCUT2D eigenvalue weighted by Gasteiger charge is 2.16. The molecule has 1 aromatic rings. The highest BCUT2D eigenvalue weighted by Crippen LogP contribution is 2.26. The van der Waals surface area contributed by atoms with Gasteiger partial charge in [-0.25, -0.2) is 0 Å². The lowest BCUT2D eigenvalue weighted by atomic mass is 10.1. The third-order valence-electron chi connectivity index (χ3n) is 2.45. The highest BCUT2D eigenvalue weighted by molar-refractivity contribution is 6.70. The van der Waals surface area contributed by atoms with E-state index >= 15 is 0 Å². The van der Waals surface area contributed by atoms with E-state index in [4.69, 9.17) is 11.6 Å². The second-order valence-corrected chi connectivity index (χ2v) is 3.91. The Labute approximate surface area is 93.1 Å². The topological polar surface area (TPSA) is 51.9 Å². The SMILES string of the molecule is Cc1cc2c(cc1[NH+](C)[O-])C(Cl)=NCN2. The van der Waals surface area contributed by atoms with Crippen molar-refractivity contribution in [3.8, 4) is 0 Å². The fourth-order valence-electron chi connectivity index (χ4n) is 1.68. The Morgan fingerprint density at radius 3 is 2.93 bits per heavy atom. The molecule has 0 saturated heterocycles. The summed E-state index contributed by atoms with van der Waals surface area (Å²) in [6.07, 6.45) is 0. The zero-order valence-electron chi connectivity index (χ0n) is 8.60. The van der Waals surface area contributed by atoms with Crippen molar-refractivity contribution < 1.29 is 5.06 Å². The van der Waals surface area contributed by atoms with Gasteiger partial charge in [0, 0.05) is 22.9 Å². The molecule has 0 fully saturated rings. The van der Waals surface area contributed by atoms with Crippen molar-refractivity contribution in [1.29, 1.82) is 0 Å². The molecular formula is C10H12ClN3O. The molecule has 1 aromatic carbocycles. The zero-order chi connectivity index (χ0) is 11.0. The Morgan fingerprint density at radius 2 is 2.27 bits per heavy atom. The number of hydrogen-bond donors (Lipinski definition) is 2. The van der Waals surface area contributed by atoms with Crippen LogP contribution in [0, 0.1) is 12.1 Å². The molecule has 1 atom stereocenters. The maximum atomic E-state index is 11.4. The number of aryl methyl sites for hydroxylation is 1. The average molecular weight is 226 g/mol. The maximum absolute atomic E-state index is 11.4. The fraction of sp³-hybridized carbons (Fsp3) is 0.300. The van der Waals surface area contributed by atoms with Crippen molar-refractivity contribution in [2.24, 2.45) is 4.99 Å². The van der Waals surface area contributed by atoms with Crippen LogP contribution in [-0.2, 0) is 0 Å². The minimum absolute atomic E-state index is 0.0466. The number of hydrogen-bond acceptors (Lipinski definition) is 3. The fourth-order valence-corrected chi connectivity index (χ4v) is 1.90. The Balaban J connectivity index is 2.57. The number of hydroxylamine groups is 1. The number of anilines is 1. The predicted molar refractivity (Wildman–Crippen MR) is 62.0 cm³/mol. The van der Waals surface area contributed by atoms with E-state index in [9.17, 15) is 5.21 Å². The minimum atomic E-state index is 0.0466. The van der Waals surface area contributed by atoms with E-state index in [0.29, 0.717) is 17.5 Å². The molecule has 0 aliphatic carbocycles. The first-order valence-electron chi connectivity index (χ1n) is 4.69. The van der Waals surface area contributed by atoms with Gasteiger partial charge in [-0.1, -0.05) is 11.6 Å². The monoisotopic (exact) mass is 225 g/mol. The molecule has 1 aliphatic rings. The van der Waals surface area contributed by atoms with Gasteiger partial charge in [0.2, 0.25) is 0 Å². The average Bonchev–Trinajstić information content (AvgIpc) is 2.16. The first-order valence-corrected chi connectivity index (χ1v) is 5.07. The van der Waals surface area contributed by atoms with Gasteiger partial charge in [-0.3, -0.25) is 4.99 Å². The third-order valence-corrected chi connectivity index (χ3v) is 2.78. The van der Waals surface area contributed by atoms with E-state index in [1.165, 1.54) is 0 Å². The lowest BCUT2D eigenvalue weighted by Gasteiger charge is -2.22. The normalized spacial score (nSPS) is 16.4.